The van der Waals surface area contributed by atoms with Crippen LogP contribution in [0, 0.1) is 0 Å². The molecule has 1 aliphatic heterocycles. The average molecular weight is 250 g/mol. The van der Waals surface area contributed by atoms with Gasteiger partial charge in [0.15, 0.2) is 0 Å². The second kappa shape index (κ2) is 6.10. The largest absolute Gasteiger partial charge is 0.399 e. The van der Waals surface area contributed by atoms with Crippen LogP contribution in [0.3, 0.4) is 0 Å². The Balaban J connectivity index is 2.87. The van der Waals surface area contributed by atoms with E-state index in [1.807, 2.05) is 13.0 Å². The third-order valence-corrected chi connectivity index (χ3v) is 3.33. The van der Waals surface area contributed by atoms with Crippen LogP contribution in [0.25, 0.3) is 0 Å². The zero-order chi connectivity index (χ0) is 13.9. The molecule has 0 saturated carbocycles. The Morgan fingerprint density at radius 3 is 2.17 bits per heavy atom. The van der Waals surface area contributed by atoms with E-state index in [2.05, 4.69) is 39.2 Å². The highest BCUT2D eigenvalue weighted by molar-refractivity contribution is 5.33. The Morgan fingerprint density at radius 2 is 1.72 bits per heavy atom. The van der Waals surface area contributed by atoms with E-state index in [-0.39, 0.29) is 12.2 Å². The third-order valence-electron chi connectivity index (χ3n) is 3.33. The zero-order valence-corrected chi connectivity index (χ0v) is 12.3. The number of hydrogen-bond acceptors (Lipinski definition) is 3. The molecule has 1 saturated heterocycles. The highest BCUT2D eigenvalue weighted by Gasteiger charge is 2.22. The molecule has 2 unspecified atom stereocenters. The van der Waals surface area contributed by atoms with Crippen LogP contribution < -0.4 is 5.73 Å². The Bertz CT molecular complexity index is 372. The fraction of sp³-hybridized carbons (Fsp3) is 0.600. The molecule has 0 amide bonds. The van der Waals surface area contributed by atoms with Gasteiger partial charge in [0.1, 0.15) is 0 Å². The van der Waals surface area contributed by atoms with Gasteiger partial charge in [-0.2, -0.15) is 0 Å². The summed E-state index contributed by atoms with van der Waals surface area (Å²) in [4.78, 5) is 2.37. The van der Waals surface area contributed by atoms with E-state index in [9.17, 15) is 0 Å². The maximum atomic E-state index is 5.92. The van der Waals surface area contributed by atoms with E-state index < -0.39 is 0 Å². The first-order valence-corrected chi connectivity index (χ1v) is 6.52. The molecule has 1 aliphatic rings. The van der Waals surface area contributed by atoms with Crippen LogP contribution in [0.2, 0.25) is 0 Å². The number of allylic oxidation sites excluding steroid dienone is 4. The Labute approximate surface area is 111 Å². The zero-order valence-electron chi connectivity index (χ0n) is 12.3. The summed E-state index contributed by atoms with van der Waals surface area (Å²) < 4.78 is 5.75. The van der Waals surface area contributed by atoms with Crippen molar-refractivity contribution in [3.8, 4) is 0 Å². The minimum absolute atomic E-state index is 0.277. The van der Waals surface area contributed by atoms with Crippen molar-refractivity contribution in [1.29, 1.82) is 0 Å². The first-order chi connectivity index (χ1) is 8.31. The van der Waals surface area contributed by atoms with Crippen LogP contribution in [0.1, 0.15) is 34.6 Å². The molecule has 1 rings (SSSR count). The molecule has 0 aromatic carbocycles. The number of nitrogens with two attached hydrogens (primary N) is 1. The fourth-order valence-electron chi connectivity index (χ4n) is 2.16. The molecule has 3 heteroatoms. The molecule has 18 heavy (non-hydrogen) atoms. The third kappa shape index (κ3) is 3.91. The van der Waals surface area contributed by atoms with E-state index in [0.717, 1.165) is 24.4 Å². The maximum absolute atomic E-state index is 5.92. The molecule has 3 nitrogen and oxygen atoms in total. The minimum Gasteiger partial charge on any atom is -0.399 e. The van der Waals surface area contributed by atoms with Gasteiger partial charge in [-0.1, -0.05) is 6.58 Å². The Kier molecular flexibility index (Phi) is 5.03. The van der Waals surface area contributed by atoms with Gasteiger partial charge in [-0.3, -0.25) is 0 Å². The molecule has 0 spiro atoms. The number of morpholine rings is 1. The highest BCUT2D eigenvalue weighted by Crippen LogP contribution is 2.19. The molecule has 0 aromatic heterocycles. The maximum Gasteiger partial charge on any atom is 0.0726 e. The average Bonchev–Trinajstić information content (AvgIpc) is 2.26. The molecule has 102 valence electrons. The molecule has 0 bridgehead atoms. The van der Waals surface area contributed by atoms with Crippen molar-refractivity contribution in [3.05, 3.63) is 35.2 Å². The van der Waals surface area contributed by atoms with Crippen molar-refractivity contribution in [2.45, 2.75) is 46.8 Å². The van der Waals surface area contributed by atoms with Gasteiger partial charge in [-0.25, -0.2) is 0 Å². The van der Waals surface area contributed by atoms with Crippen molar-refractivity contribution < 1.29 is 4.74 Å². The molecule has 0 aliphatic carbocycles. The van der Waals surface area contributed by atoms with Gasteiger partial charge < -0.3 is 15.4 Å². The summed E-state index contributed by atoms with van der Waals surface area (Å²) in [6.07, 6.45) is 2.56. The lowest BCUT2D eigenvalue weighted by atomic mass is 10.1. The molecule has 1 fully saturated rings. The summed E-state index contributed by atoms with van der Waals surface area (Å²) in [5.41, 5.74) is 10.0. The lowest BCUT2D eigenvalue weighted by Gasteiger charge is -2.38. The molecule has 1 heterocycles. The van der Waals surface area contributed by atoms with Gasteiger partial charge in [-0.15, -0.1) is 0 Å². The summed E-state index contributed by atoms with van der Waals surface area (Å²) >= 11 is 0. The molecular weight excluding hydrogens is 224 g/mol. The molecule has 2 N–H and O–H groups in total. The van der Waals surface area contributed by atoms with Crippen molar-refractivity contribution in [2.75, 3.05) is 13.1 Å². The van der Waals surface area contributed by atoms with Gasteiger partial charge in [0.2, 0.25) is 0 Å². The van der Waals surface area contributed by atoms with Crippen molar-refractivity contribution in [2.24, 2.45) is 5.73 Å². The van der Waals surface area contributed by atoms with E-state index in [1.54, 1.807) is 0 Å². The first kappa shape index (κ1) is 14.8. The monoisotopic (exact) mass is 250 g/mol. The van der Waals surface area contributed by atoms with E-state index in [0.29, 0.717) is 0 Å². The van der Waals surface area contributed by atoms with Crippen molar-refractivity contribution >= 4 is 0 Å². The fourth-order valence-corrected chi connectivity index (χ4v) is 2.16. The van der Waals surface area contributed by atoms with Crippen LogP contribution >= 0.6 is 0 Å². The van der Waals surface area contributed by atoms with Crippen LogP contribution in [0.4, 0.5) is 0 Å². The molecule has 2 atom stereocenters. The van der Waals surface area contributed by atoms with Crippen LogP contribution in [-0.2, 0) is 4.74 Å². The van der Waals surface area contributed by atoms with Gasteiger partial charge in [-0.05, 0) is 51.8 Å². The predicted molar refractivity (Wildman–Crippen MR) is 77.0 cm³/mol. The summed E-state index contributed by atoms with van der Waals surface area (Å²) in [5, 5.41) is 0. The predicted octanol–water partition coefficient (Wildman–Crippen LogP) is 2.81. The van der Waals surface area contributed by atoms with Crippen molar-refractivity contribution in [3.63, 3.8) is 0 Å². The summed E-state index contributed by atoms with van der Waals surface area (Å²) in [7, 11) is 0. The Hall–Kier alpha value is -1.22. The first-order valence-electron chi connectivity index (χ1n) is 6.52. The summed E-state index contributed by atoms with van der Waals surface area (Å²) in [5.74, 6) is 0. The van der Waals surface area contributed by atoms with Gasteiger partial charge in [0.25, 0.3) is 0 Å². The van der Waals surface area contributed by atoms with Crippen LogP contribution in [0.5, 0.6) is 0 Å². The highest BCUT2D eigenvalue weighted by atomic mass is 16.5. The number of hydrogen-bond donors (Lipinski definition) is 1. The quantitative estimate of drug-likeness (QED) is 0.783. The lowest BCUT2D eigenvalue weighted by molar-refractivity contribution is -0.0579. The number of nitrogens with zero attached hydrogens (tertiary/aromatic N) is 1. The topological polar surface area (TPSA) is 38.5 Å². The molecular formula is C15H26N2O. The molecule has 0 aromatic rings. The molecule has 0 radical (unpaired) electrons. The number of ether oxygens (including phenoxy) is 1. The standard InChI is InChI=1S/C15H26N2O/c1-10(2)15(16)7-11(3)14(6)17-8-12(4)18-13(5)9-17/h7,12-13H,1,8-9,16H2,2-6H3/b14-11+,15-7+. The van der Waals surface area contributed by atoms with Crippen LogP contribution in [-0.4, -0.2) is 30.2 Å². The van der Waals surface area contributed by atoms with E-state index in [4.69, 9.17) is 10.5 Å². The summed E-state index contributed by atoms with van der Waals surface area (Å²) in [6, 6.07) is 0. The summed E-state index contributed by atoms with van der Waals surface area (Å²) in [6.45, 7) is 16.1. The normalized spacial score (nSPS) is 26.9. The second-order valence-electron chi connectivity index (χ2n) is 5.31. The lowest BCUT2D eigenvalue weighted by Crippen LogP contribution is -2.44. The van der Waals surface area contributed by atoms with Crippen molar-refractivity contribution in [1.82, 2.24) is 4.90 Å². The van der Waals surface area contributed by atoms with Crippen LogP contribution in [0.15, 0.2) is 35.2 Å². The van der Waals surface area contributed by atoms with E-state index >= 15 is 0 Å². The second-order valence-corrected chi connectivity index (χ2v) is 5.31. The number of rotatable bonds is 3. The van der Waals surface area contributed by atoms with Gasteiger partial charge in [0, 0.05) is 24.5 Å². The van der Waals surface area contributed by atoms with Gasteiger partial charge >= 0.3 is 0 Å². The van der Waals surface area contributed by atoms with E-state index in [1.165, 1.54) is 11.3 Å². The van der Waals surface area contributed by atoms with Gasteiger partial charge in [0.05, 0.1) is 12.2 Å². The minimum atomic E-state index is 0.277. The smallest absolute Gasteiger partial charge is 0.0726 e. The Morgan fingerprint density at radius 1 is 1.22 bits per heavy atom. The SMILES string of the molecule is C=C(C)/C(N)=C\C(C)=C(/C)N1CC(C)OC(C)C1.